The predicted octanol–water partition coefficient (Wildman–Crippen LogP) is 10.7. The van der Waals surface area contributed by atoms with Gasteiger partial charge in [0.1, 0.15) is 11.2 Å². The zero-order valence-electron chi connectivity index (χ0n) is 24.0. The first kappa shape index (κ1) is 25.7. The highest BCUT2D eigenvalue weighted by Crippen LogP contribution is 2.51. The van der Waals surface area contributed by atoms with E-state index in [1.165, 1.54) is 9.79 Å². The summed E-state index contributed by atoms with van der Waals surface area (Å²) in [5, 5.41) is 2.12. The molecule has 9 rings (SSSR count). The van der Waals surface area contributed by atoms with Crippen molar-refractivity contribution in [1.29, 1.82) is 0 Å². The zero-order chi connectivity index (χ0) is 29.7. The fraction of sp³-hybridized carbons (Fsp3) is 0. The average Bonchev–Trinajstić information content (AvgIpc) is 3.48. The van der Waals surface area contributed by atoms with Gasteiger partial charge in [0, 0.05) is 49.0 Å². The molecule has 1 aliphatic heterocycles. The molecule has 2 aromatic heterocycles. The van der Waals surface area contributed by atoms with Gasteiger partial charge >= 0.3 is 0 Å². The van der Waals surface area contributed by atoms with Crippen LogP contribution in [0.2, 0.25) is 0 Å². The van der Waals surface area contributed by atoms with E-state index in [1.54, 1.807) is 11.8 Å². The third kappa shape index (κ3) is 4.46. The maximum atomic E-state index is 6.55. The van der Waals surface area contributed by atoms with E-state index in [4.69, 9.17) is 19.4 Å². The minimum absolute atomic E-state index is 0.602. The van der Waals surface area contributed by atoms with Crippen LogP contribution in [0, 0.1) is 0 Å². The van der Waals surface area contributed by atoms with E-state index in [-0.39, 0.29) is 0 Å². The Kier molecular flexibility index (Phi) is 5.99. The van der Waals surface area contributed by atoms with Crippen molar-refractivity contribution in [3.8, 4) is 34.2 Å². The monoisotopic (exact) mass is 596 g/mol. The van der Waals surface area contributed by atoms with Crippen LogP contribution in [-0.2, 0) is 0 Å². The minimum atomic E-state index is 0.602. The van der Waals surface area contributed by atoms with Crippen molar-refractivity contribution in [2.24, 2.45) is 0 Å². The molecule has 6 heteroatoms. The molecule has 0 spiro atoms. The maximum Gasteiger partial charge on any atom is 0.164 e. The Labute approximate surface area is 263 Å². The van der Waals surface area contributed by atoms with Gasteiger partial charge in [-0.3, -0.25) is 0 Å². The fourth-order valence-corrected chi connectivity index (χ4v) is 7.02. The summed E-state index contributed by atoms with van der Waals surface area (Å²) in [7, 11) is 0. The van der Waals surface area contributed by atoms with Crippen molar-refractivity contribution in [3.05, 3.63) is 146 Å². The normalized spacial score (nSPS) is 12.3. The fourth-order valence-electron chi connectivity index (χ4n) is 5.96. The number of nitrogens with zero attached hydrogens (tertiary/aromatic N) is 4. The van der Waals surface area contributed by atoms with Gasteiger partial charge in [0.25, 0.3) is 0 Å². The van der Waals surface area contributed by atoms with E-state index in [0.29, 0.717) is 17.5 Å². The molecular formula is C39H24N4OS. The molecule has 3 heterocycles. The topological polar surface area (TPSA) is 55.1 Å². The third-order valence-electron chi connectivity index (χ3n) is 8.10. The standard InChI is InChI=1S/C39H24N4OS/c1-3-11-25(12-4-1)37-40-38(26-13-5-2-6-14-26)42-39(41-37)27-19-21-29-30-22-20-28(24-34(30)44-33(29)23-27)43-31-15-7-9-17-35(31)45-36-18-10-8-16-32(36)43/h1-24H. The Hall–Kier alpha value is -5.72. The van der Waals surface area contributed by atoms with Crippen LogP contribution in [0.15, 0.2) is 160 Å². The molecule has 45 heavy (non-hydrogen) atoms. The highest BCUT2D eigenvalue weighted by atomic mass is 32.2. The summed E-state index contributed by atoms with van der Waals surface area (Å²) < 4.78 is 6.55. The molecule has 0 saturated carbocycles. The van der Waals surface area contributed by atoms with Crippen LogP contribution < -0.4 is 4.90 Å². The first-order chi connectivity index (χ1) is 22.3. The number of rotatable bonds is 4. The van der Waals surface area contributed by atoms with Crippen molar-refractivity contribution in [1.82, 2.24) is 15.0 Å². The molecule has 0 unspecified atom stereocenters. The molecule has 0 saturated heterocycles. The first-order valence-electron chi connectivity index (χ1n) is 14.8. The second-order valence-electron chi connectivity index (χ2n) is 10.9. The second kappa shape index (κ2) is 10.5. The molecule has 0 radical (unpaired) electrons. The van der Waals surface area contributed by atoms with E-state index in [1.807, 2.05) is 66.7 Å². The largest absolute Gasteiger partial charge is 0.456 e. The van der Waals surface area contributed by atoms with E-state index in [0.717, 1.165) is 55.7 Å². The number of hydrogen-bond acceptors (Lipinski definition) is 6. The smallest absolute Gasteiger partial charge is 0.164 e. The Morgan fingerprint density at radius 2 is 0.933 bits per heavy atom. The number of aromatic nitrogens is 3. The van der Waals surface area contributed by atoms with Gasteiger partial charge in [-0.15, -0.1) is 0 Å². The van der Waals surface area contributed by atoms with E-state index in [2.05, 4.69) is 83.8 Å². The lowest BCUT2D eigenvalue weighted by atomic mass is 10.1. The van der Waals surface area contributed by atoms with Crippen molar-refractivity contribution < 1.29 is 4.42 Å². The summed E-state index contributed by atoms with van der Waals surface area (Å²) in [6.07, 6.45) is 0. The maximum absolute atomic E-state index is 6.55. The third-order valence-corrected chi connectivity index (χ3v) is 9.24. The number of anilines is 3. The molecule has 0 amide bonds. The molecule has 0 bridgehead atoms. The van der Waals surface area contributed by atoms with Crippen molar-refractivity contribution in [2.45, 2.75) is 9.79 Å². The van der Waals surface area contributed by atoms with Gasteiger partial charge in [-0.2, -0.15) is 0 Å². The minimum Gasteiger partial charge on any atom is -0.456 e. The SMILES string of the molecule is c1ccc(-c2nc(-c3ccccc3)nc(-c3ccc4c(c3)oc3cc(N5c6ccccc6Sc6ccccc65)ccc34)n2)cc1. The van der Waals surface area contributed by atoms with Gasteiger partial charge in [-0.05, 0) is 48.5 Å². The zero-order valence-corrected chi connectivity index (χ0v) is 24.8. The van der Waals surface area contributed by atoms with Gasteiger partial charge in [0.2, 0.25) is 0 Å². The molecule has 5 nitrogen and oxygen atoms in total. The van der Waals surface area contributed by atoms with Gasteiger partial charge in [-0.1, -0.05) is 103 Å². The molecular weight excluding hydrogens is 573 g/mol. The molecule has 6 aromatic carbocycles. The first-order valence-corrected chi connectivity index (χ1v) is 15.6. The molecule has 212 valence electrons. The number of fused-ring (bicyclic) bond motifs is 5. The number of furan rings is 1. The van der Waals surface area contributed by atoms with Crippen molar-refractivity contribution >= 4 is 50.8 Å². The van der Waals surface area contributed by atoms with Crippen LogP contribution >= 0.6 is 11.8 Å². The predicted molar refractivity (Wildman–Crippen MR) is 182 cm³/mol. The highest BCUT2D eigenvalue weighted by Gasteiger charge is 2.25. The van der Waals surface area contributed by atoms with Gasteiger partial charge in [-0.25, -0.2) is 15.0 Å². The molecule has 1 aliphatic rings. The molecule has 0 fully saturated rings. The summed E-state index contributed by atoms with van der Waals surface area (Å²) >= 11 is 1.81. The Morgan fingerprint density at radius 1 is 0.444 bits per heavy atom. The van der Waals surface area contributed by atoms with Gasteiger partial charge < -0.3 is 9.32 Å². The quantitative estimate of drug-likeness (QED) is 0.201. The number of para-hydroxylation sites is 2. The van der Waals surface area contributed by atoms with Crippen molar-refractivity contribution in [2.75, 3.05) is 4.90 Å². The summed E-state index contributed by atoms with van der Waals surface area (Å²) in [5.41, 5.74) is 7.75. The molecule has 0 aliphatic carbocycles. The Balaban J connectivity index is 1.17. The Bertz CT molecular complexity index is 2270. The van der Waals surface area contributed by atoms with Gasteiger partial charge in [0.05, 0.1) is 11.4 Å². The van der Waals surface area contributed by atoms with Crippen LogP contribution in [0.5, 0.6) is 0 Å². The lowest BCUT2D eigenvalue weighted by Gasteiger charge is -2.32. The van der Waals surface area contributed by atoms with Crippen LogP contribution in [0.3, 0.4) is 0 Å². The molecule has 8 aromatic rings. The van der Waals surface area contributed by atoms with Crippen LogP contribution in [0.4, 0.5) is 17.1 Å². The van der Waals surface area contributed by atoms with E-state index in [9.17, 15) is 0 Å². The molecule has 0 N–H and O–H groups in total. The summed E-state index contributed by atoms with van der Waals surface area (Å²) in [6.45, 7) is 0. The molecule has 0 atom stereocenters. The number of benzene rings is 6. The van der Waals surface area contributed by atoms with Gasteiger partial charge in [0.15, 0.2) is 17.5 Å². The van der Waals surface area contributed by atoms with Crippen LogP contribution in [0.1, 0.15) is 0 Å². The Morgan fingerprint density at radius 3 is 1.53 bits per heavy atom. The second-order valence-corrected chi connectivity index (χ2v) is 12.0. The van der Waals surface area contributed by atoms with E-state index >= 15 is 0 Å². The lowest BCUT2D eigenvalue weighted by molar-refractivity contribution is 0.669. The summed E-state index contributed by atoms with van der Waals surface area (Å²) in [5.74, 6) is 1.87. The lowest BCUT2D eigenvalue weighted by Crippen LogP contribution is -2.14. The number of hydrogen-bond donors (Lipinski definition) is 0. The van der Waals surface area contributed by atoms with Crippen LogP contribution in [0.25, 0.3) is 56.1 Å². The van der Waals surface area contributed by atoms with Crippen LogP contribution in [-0.4, -0.2) is 15.0 Å². The summed E-state index contributed by atoms with van der Waals surface area (Å²) in [4.78, 5) is 19.4. The average molecular weight is 597 g/mol. The van der Waals surface area contributed by atoms with E-state index < -0.39 is 0 Å². The summed E-state index contributed by atoms with van der Waals surface area (Å²) in [6, 6.07) is 49.8. The highest BCUT2D eigenvalue weighted by molar-refractivity contribution is 7.99. The van der Waals surface area contributed by atoms with Crippen molar-refractivity contribution in [3.63, 3.8) is 0 Å².